The molecule has 3 nitrogen and oxygen atoms in total. The van der Waals surface area contributed by atoms with Gasteiger partial charge in [0.05, 0.1) is 16.6 Å². The first-order valence-corrected chi connectivity index (χ1v) is 6.60. The van der Waals surface area contributed by atoms with Crippen molar-refractivity contribution in [2.75, 3.05) is 12.3 Å². The Labute approximate surface area is 110 Å². The van der Waals surface area contributed by atoms with Gasteiger partial charge in [0.25, 0.3) is 0 Å². The fourth-order valence-corrected chi connectivity index (χ4v) is 1.93. The molecule has 17 heavy (non-hydrogen) atoms. The van der Waals surface area contributed by atoms with Gasteiger partial charge in [-0.15, -0.1) is 0 Å². The van der Waals surface area contributed by atoms with E-state index in [2.05, 4.69) is 29.8 Å². The first-order chi connectivity index (χ1) is 8.10. The van der Waals surface area contributed by atoms with E-state index in [0.29, 0.717) is 28.2 Å². The van der Waals surface area contributed by atoms with E-state index in [9.17, 15) is 4.79 Å². The summed E-state index contributed by atoms with van der Waals surface area (Å²) in [4.78, 5) is 11.8. The molecule has 0 aliphatic heterocycles. The van der Waals surface area contributed by atoms with Crippen molar-refractivity contribution in [2.24, 2.45) is 5.92 Å². The normalized spacial score (nSPS) is 10.6. The summed E-state index contributed by atoms with van der Waals surface area (Å²) in [5.74, 6) is 0.106. The number of esters is 1. The van der Waals surface area contributed by atoms with Crippen LogP contribution in [-0.4, -0.2) is 12.6 Å². The first-order valence-electron chi connectivity index (χ1n) is 5.81. The van der Waals surface area contributed by atoms with Gasteiger partial charge in [0.1, 0.15) is 0 Å². The van der Waals surface area contributed by atoms with Crippen molar-refractivity contribution in [3.63, 3.8) is 0 Å². The van der Waals surface area contributed by atoms with Gasteiger partial charge in [-0.3, -0.25) is 0 Å². The van der Waals surface area contributed by atoms with Gasteiger partial charge in [0.2, 0.25) is 0 Å². The van der Waals surface area contributed by atoms with Gasteiger partial charge in [0.15, 0.2) is 0 Å². The van der Waals surface area contributed by atoms with Crippen LogP contribution in [-0.2, 0) is 4.74 Å². The monoisotopic (exact) mass is 299 g/mol. The highest BCUT2D eigenvalue weighted by molar-refractivity contribution is 9.10. The molecule has 0 unspecified atom stereocenters. The smallest absolute Gasteiger partial charge is 0.339 e. The quantitative estimate of drug-likeness (QED) is 0.667. The minimum Gasteiger partial charge on any atom is -0.462 e. The van der Waals surface area contributed by atoms with Crippen molar-refractivity contribution in [3.8, 4) is 0 Å². The van der Waals surface area contributed by atoms with E-state index in [1.165, 1.54) is 0 Å². The summed E-state index contributed by atoms with van der Waals surface area (Å²) in [7, 11) is 0. The van der Waals surface area contributed by atoms with Crippen molar-refractivity contribution in [3.05, 3.63) is 28.2 Å². The number of anilines is 1. The molecule has 0 aromatic heterocycles. The van der Waals surface area contributed by atoms with Gasteiger partial charge in [-0.25, -0.2) is 4.79 Å². The third-order valence-electron chi connectivity index (χ3n) is 2.85. The highest BCUT2D eigenvalue weighted by Gasteiger charge is 2.14. The van der Waals surface area contributed by atoms with E-state index in [1.807, 2.05) is 0 Å². The number of hydrogen-bond acceptors (Lipinski definition) is 3. The molecule has 94 valence electrons. The van der Waals surface area contributed by atoms with Crippen LogP contribution in [0.5, 0.6) is 0 Å². The lowest BCUT2D eigenvalue weighted by Crippen LogP contribution is -2.14. The average molecular weight is 300 g/mol. The van der Waals surface area contributed by atoms with Crippen molar-refractivity contribution < 1.29 is 9.53 Å². The second-order valence-corrected chi connectivity index (χ2v) is 4.78. The first kappa shape index (κ1) is 14.0. The van der Waals surface area contributed by atoms with Crippen LogP contribution in [0.3, 0.4) is 0 Å². The fourth-order valence-electron chi connectivity index (χ4n) is 1.50. The lowest BCUT2D eigenvalue weighted by atomic mass is 10.1. The Morgan fingerprint density at radius 2 is 2.06 bits per heavy atom. The predicted octanol–water partition coefficient (Wildman–Crippen LogP) is 3.62. The van der Waals surface area contributed by atoms with E-state index in [-0.39, 0.29) is 5.97 Å². The summed E-state index contributed by atoms with van der Waals surface area (Å²) >= 11 is 3.30. The standard InChI is InChI=1S/C13H18BrNO2/c1-3-9(4-2)8-17-13(16)10-6-5-7-11(15)12(10)14/h5-7,9H,3-4,8,15H2,1-2H3. The van der Waals surface area contributed by atoms with E-state index >= 15 is 0 Å². The van der Waals surface area contributed by atoms with Crippen LogP contribution in [0.25, 0.3) is 0 Å². The Hall–Kier alpha value is -1.03. The molecule has 0 heterocycles. The second-order valence-electron chi connectivity index (χ2n) is 3.99. The number of benzene rings is 1. The molecular weight excluding hydrogens is 282 g/mol. The zero-order valence-corrected chi connectivity index (χ0v) is 11.8. The van der Waals surface area contributed by atoms with E-state index in [4.69, 9.17) is 10.5 Å². The van der Waals surface area contributed by atoms with E-state index in [1.54, 1.807) is 18.2 Å². The SMILES string of the molecule is CCC(CC)COC(=O)c1cccc(N)c1Br. The molecule has 0 fully saturated rings. The Morgan fingerprint density at radius 1 is 1.41 bits per heavy atom. The summed E-state index contributed by atoms with van der Waals surface area (Å²) in [6, 6.07) is 5.19. The van der Waals surface area contributed by atoms with Crippen LogP contribution in [0.2, 0.25) is 0 Å². The summed E-state index contributed by atoms with van der Waals surface area (Å²) in [6.45, 7) is 4.66. The van der Waals surface area contributed by atoms with Crippen LogP contribution < -0.4 is 5.73 Å². The number of carbonyl (C=O) groups excluding carboxylic acids is 1. The number of nitrogen functional groups attached to an aromatic ring is 1. The zero-order chi connectivity index (χ0) is 12.8. The third-order valence-corrected chi connectivity index (χ3v) is 3.74. The lowest BCUT2D eigenvalue weighted by Gasteiger charge is -2.13. The molecule has 0 amide bonds. The number of hydrogen-bond donors (Lipinski definition) is 1. The van der Waals surface area contributed by atoms with Crippen molar-refractivity contribution in [1.29, 1.82) is 0 Å². The van der Waals surface area contributed by atoms with Crippen LogP contribution in [0.4, 0.5) is 5.69 Å². The fraction of sp³-hybridized carbons (Fsp3) is 0.462. The molecule has 0 bridgehead atoms. The van der Waals surface area contributed by atoms with Gasteiger partial charge in [0, 0.05) is 5.69 Å². The summed E-state index contributed by atoms with van der Waals surface area (Å²) in [5, 5.41) is 0. The van der Waals surface area contributed by atoms with Crippen LogP contribution in [0.15, 0.2) is 22.7 Å². The Kier molecular flexibility index (Phi) is 5.48. The zero-order valence-electron chi connectivity index (χ0n) is 10.2. The highest BCUT2D eigenvalue weighted by Crippen LogP contribution is 2.24. The number of rotatable bonds is 5. The minimum atomic E-state index is -0.323. The Bertz CT molecular complexity index is 389. The van der Waals surface area contributed by atoms with Crippen LogP contribution >= 0.6 is 15.9 Å². The Balaban J connectivity index is 2.67. The third kappa shape index (κ3) is 3.73. The number of nitrogens with two attached hydrogens (primary N) is 1. The molecule has 0 aliphatic rings. The number of halogens is 1. The maximum absolute atomic E-state index is 11.8. The molecule has 1 rings (SSSR count). The summed E-state index contributed by atoms with van der Waals surface area (Å²) < 4.78 is 5.89. The molecule has 2 N–H and O–H groups in total. The second kappa shape index (κ2) is 6.64. The molecule has 0 radical (unpaired) electrons. The average Bonchev–Trinajstić information content (AvgIpc) is 2.33. The minimum absolute atomic E-state index is 0.323. The van der Waals surface area contributed by atoms with Gasteiger partial charge < -0.3 is 10.5 Å². The molecule has 0 atom stereocenters. The highest BCUT2D eigenvalue weighted by atomic mass is 79.9. The summed E-state index contributed by atoms with van der Waals surface area (Å²) in [5.41, 5.74) is 6.74. The summed E-state index contributed by atoms with van der Waals surface area (Å²) in [6.07, 6.45) is 2.03. The van der Waals surface area contributed by atoms with Gasteiger partial charge in [-0.1, -0.05) is 32.8 Å². The molecule has 0 aliphatic carbocycles. The lowest BCUT2D eigenvalue weighted by molar-refractivity contribution is 0.0432. The van der Waals surface area contributed by atoms with Gasteiger partial charge in [-0.05, 0) is 34.0 Å². The van der Waals surface area contributed by atoms with Crippen LogP contribution in [0.1, 0.15) is 37.0 Å². The molecule has 0 saturated heterocycles. The number of carbonyl (C=O) groups is 1. The van der Waals surface area contributed by atoms with Gasteiger partial charge in [-0.2, -0.15) is 0 Å². The molecule has 1 aromatic rings. The molecule has 1 aromatic carbocycles. The van der Waals surface area contributed by atoms with Gasteiger partial charge >= 0.3 is 5.97 Å². The predicted molar refractivity (Wildman–Crippen MR) is 72.9 cm³/mol. The maximum Gasteiger partial charge on any atom is 0.339 e. The topological polar surface area (TPSA) is 52.3 Å². The molecule has 0 saturated carbocycles. The molecule has 4 heteroatoms. The van der Waals surface area contributed by atoms with E-state index in [0.717, 1.165) is 12.8 Å². The van der Waals surface area contributed by atoms with Crippen molar-refractivity contribution in [1.82, 2.24) is 0 Å². The molecular formula is C13H18BrNO2. The molecule has 0 spiro atoms. The van der Waals surface area contributed by atoms with Crippen molar-refractivity contribution >= 4 is 27.6 Å². The largest absolute Gasteiger partial charge is 0.462 e. The maximum atomic E-state index is 11.8. The van der Waals surface area contributed by atoms with Crippen molar-refractivity contribution in [2.45, 2.75) is 26.7 Å². The van der Waals surface area contributed by atoms with E-state index < -0.39 is 0 Å². The van der Waals surface area contributed by atoms with Crippen LogP contribution in [0, 0.1) is 5.92 Å². The Morgan fingerprint density at radius 3 is 2.65 bits per heavy atom. The number of ether oxygens (including phenoxy) is 1.